The summed E-state index contributed by atoms with van der Waals surface area (Å²) in [5.41, 5.74) is 5.51. The zero-order chi connectivity index (χ0) is 9.47. The van der Waals surface area contributed by atoms with Gasteiger partial charge >= 0.3 is 0 Å². The molecule has 0 saturated heterocycles. The molecule has 2 atom stereocenters. The lowest BCUT2D eigenvalue weighted by molar-refractivity contribution is 0.594. The first-order valence-electron chi connectivity index (χ1n) is 4.17. The number of sulfone groups is 1. The van der Waals surface area contributed by atoms with E-state index in [1.165, 1.54) is 0 Å². The van der Waals surface area contributed by atoms with E-state index in [0.29, 0.717) is 11.3 Å². The molecule has 0 bridgehead atoms. The molecule has 1 saturated carbocycles. The zero-order valence-electron chi connectivity index (χ0n) is 7.05. The summed E-state index contributed by atoms with van der Waals surface area (Å²) in [6.45, 7) is 0. The van der Waals surface area contributed by atoms with E-state index >= 15 is 0 Å². The predicted molar refractivity (Wildman–Crippen MR) is 50.0 cm³/mol. The summed E-state index contributed by atoms with van der Waals surface area (Å²) in [4.78, 5) is 0.382. The van der Waals surface area contributed by atoms with Gasteiger partial charge in [-0.05, 0) is 18.6 Å². The molecule has 0 aromatic heterocycles. The fourth-order valence-electron chi connectivity index (χ4n) is 1.33. The predicted octanol–water partition coefficient (Wildman–Crippen LogP) is 0.560. The van der Waals surface area contributed by atoms with Crippen molar-refractivity contribution < 1.29 is 8.42 Å². The average molecular weight is 197 g/mol. The molecule has 0 heterocycles. The highest BCUT2D eigenvalue weighted by Crippen LogP contribution is 2.32. The molecule has 0 amide bonds. The highest BCUT2D eigenvalue weighted by Gasteiger charge is 2.45. The summed E-state index contributed by atoms with van der Waals surface area (Å²) < 4.78 is 23.4. The van der Waals surface area contributed by atoms with Crippen LogP contribution >= 0.6 is 0 Å². The highest BCUT2D eigenvalue weighted by atomic mass is 32.2. The van der Waals surface area contributed by atoms with E-state index in [1.54, 1.807) is 30.3 Å². The van der Waals surface area contributed by atoms with E-state index in [-0.39, 0.29) is 11.3 Å². The number of nitrogens with two attached hydrogens (primary N) is 1. The topological polar surface area (TPSA) is 60.2 Å². The van der Waals surface area contributed by atoms with Gasteiger partial charge in [0.1, 0.15) is 0 Å². The normalized spacial score (nSPS) is 27.2. The second-order valence-electron chi connectivity index (χ2n) is 3.30. The molecule has 13 heavy (non-hydrogen) atoms. The first-order chi connectivity index (χ1) is 6.12. The molecule has 1 fully saturated rings. The Hall–Kier alpha value is -0.870. The third-order valence-corrected chi connectivity index (χ3v) is 4.52. The fourth-order valence-corrected chi connectivity index (χ4v) is 3.15. The van der Waals surface area contributed by atoms with Crippen LogP contribution in [-0.2, 0) is 9.84 Å². The lowest BCUT2D eigenvalue weighted by Crippen LogP contribution is -2.15. The number of hydrogen-bond acceptors (Lipinski definition) is 3. The van der Waals surface area contributed by atoms with Crippen LogP contribution in [0.2, 0.25) is 0 Å². The Morgan fingerprint density at radius 2 is 1.77 bits per heavy atom. The Morgan fingerprint density at radius 3 is 2.23 bits per heavy atom. The second-order valence-corrected chi connectivity index (χ2v) is 5.46. The van der Waals surface area contributed by atoms with Crippen molar-refractivity contribution in [2.75, 3.05) is 0 Å². The van der Waals surface area contributed by atoms with E-state index in [1.807, 2.05) is 0 Å². The van der Waals surface area contributed by atoms with Gasteiger partial charge in [0.15, 0.2) is 9.84 Å². The molecule has 4 heteroatoms. The number of rotatable bonds is 2. The molecular weight excluding hydrogens is 186 g/mol. The van der Waals surface area contributed by atoms with Crippen molar-refractivity contribution >= 4 is 9.84 Å². The lowest BCUT2D eigenvalue weighted by Gasteiger charge is -2.01. The van der Waals surface area contributed by atoms with Crippen molar-refractivity contribution in [2.45, 2.75) is 22.6 Å². The number of hydrogen-bond donors (Lipinski definition) is 1. The van der Waals surface area contributed by atoms with Crippen LogP contribution in [0.15, 0.2) is 35.2 Å². The molecule has 0 radical (unpaired) electrons. The smallest absolute Gasteiger partial charge is 0.182 e. The molecule has 1 aromatic rings. The molecule has 1 aromatic carbocycles. The molecule has 2 rings (SSSR count). The van der Waals surface area contributed by atoms with Gasteiger partial charge in [0, 0.05) is 6.04 Å². The fraction of sp³-hybridized carbons (Fsp3) is 0.333. The molecule has 3 nitrogen and oxygen atoms in total. The molecule has 1 aliphatic rings. The maximum absolute atomic E-state index is 11.7. The standard InChI is InChI=1S/C9H11NO2S/c10-8-6-9(8)13(11,12)7-4-2-1-3-5-7/h1-5,8-9H,6,10H2/t8-,9-/m0/s1. The first-order valence-corrected chi connectivity index (χ1v) is 5.71. The highest BCUT2D eigenvalue weighted by molar-refractivity contribution is 7.92. The van der Waals surface area contributed by atoms with Crippen LogP contribution in [0.4, 0.5) is 0 Å². The minimum atomic E-state index is -3.14. The third kappa shape index (κ3) is 1.47. The van der Waals surface area contributed by atoms with Crippen molar-refractivity contribution in [3.63, 3.8) is 0 Å². The average Bonchev–Trinajstić information content (AvgIpc) is 2.85. The summed E-state index contributed by atoms with van der Waals surface area (Å²) in [5.74, 6) is 0. The molecule has 0 unspecified atom stereocenters. The van der Waals surface area contributed by atoms with Gasteiger partial charge in [-0.1, -0.05) is 18.2 Å². The van der Waals surface area contributed by atoms with Gasteiger partial charge in [-0.2, -0.15) is 0 Å². The first kappa shape index (κ1) is 8.72. The summed E-state index contributed by atoms with van der Waals surface area (Å²) in [6, 6.07) is 8.30. The van der Waals surface area contributed by atoms with E-state index in [2.05, 4.69) is 0 Å². The van der Waals surface area contributed by atoms with Gasteiger partial charge in [0.2, 0.25) is 0 Å². The second kappa shape index (κ2) is 2.82. The van der Waals surface area contributed by atoms with Crippen LogP contribution in [0.25, 0.3) is 0 Å². The molecule has 70 valence electrons. The Bertz CT molecular complexity index is 399. The van der Waals surface area contributed by atoms with Crippen LogP contribution in [0.1, 0.15) is 6.42 Å². The van der Waals surface area contributed by atoms with Crippen molar-refractivity contribution in [3.05, 3.63) is 30.3 Å². The summed E-state index contributed by atoms with van der Waals surface area (Å²) >= 11 is 0. The van der Waals surface area contributed by atoms with Gasteiger partial charge in [-0.15, -0.1) is 0 Å². The largest absolute Gasteiger partial charge is 0.326 e. The Morgan fingerprint density at radius 1 is 1.23 bits per heavy atom. The molecular formula is C9H11NO2S. The maximum Gasteiger partial charge on any atom is 0.182 e. The van der Waals surface area contributed by atoms with Gasteiger partial charge < -0.3 is 5.73 Å². The lowest BCUT2D eigenvalue weighted by atomic mass is 10.4. The van der Waals surface area contributed by atoms with Crippen LogP contribution in [0, 0.1) is 0 Å². The third-order valence-electron chi connectivity index (χ3n) is 2.25. The van der Waals surface area contributed by atoms with Crippen LogP contribution < -0.4 is 5.73 Å². The maximum atomic E-state index is 11.7. The Kier molecular flexibility index (Phi) is 1.89. The molecule has 1 aliphatic carbocycles. The van der Waals surface area contributed by atoms with Gasteiger partial charge in [0.05, 0.1) is 10.1 Å². The minimum Gasteiger partial charge on any atom is -0.326 e. The Labute approximate surface area is 77.5 Å². The van der Waals surface area contributed by atoms with Gasteiger partial charge in [-0.3, -0.25) is 0 Å². The van der Waals surface area contributed by atoms with E-state index in [9.17, 15) is 8.42 Å². The summed E-state index contributed by atoms with van der Waals surface area (Å²) in [5, 5.41) is -0.352. The van der Waals surface area contributed by atoms with Crippen LogP contribution in [0.3, 0.4) is 0 Å². The van der Waals surface area contributed by atoms with Crippen molar-refractivity contribution in [1.82, 2.24) is 0 Å². The minimum absolute atomic E-state index is 0.162. The van der Waals surface area contributed by atoms with Gasteiger partial charge in [0.25, 0.3) is 0 Å². The van der Waals surface area contributed by atoms with Gasteiger partial charge in [-0.25, -0.2) is 8.42 Å². The van der Waals surface area contributed by atoms with E-state index in [0.717, 1.165) is 0 Å². The monoisotopic (exact) mass is 197 g/mol. The molecule has 0 aliphatic heterocycles. The SMILES string of the molecule is N[C@H]1C[C@@H]1S(=O)(=O)c1ccccc1. The van der Waals surface area contributed by atoms with Crippen LogP contribution in [0.5, 0.6) is 0 Å². The quantitative estimate of drug-likeness (QED) is 0.753. The molecule has 0 spiro atoms. The zero-order valence-corrected chi connectivity index (χ0v) is 7.87. The van der Waals surface area contributed by atoms with Crippen LogP contribution in [-0.4, -0.2) is 19.7 Å². The van der Waals surface area contributed by atoms with Crippen molar-refractivity contribution in [3.8, 4) is 0 Å². The van der Waals surface area contributed by atoms with Crippen molar-refractivity contribution in [1.29, 1.82) is 0 Å². The summed E-state index contributed by atoms with van der Waals surface area (Å²) in [6.07, 6.45) is 0.594. The summed E-state index contributed by atoms with van der Waals surface area (Å²) in [7, 11) is -3.14. The Balaban J connectivity index is 2.36. The van der Waals surface area contributed by atoms with E-state index < -0.39 is 9.84 Å². The van der Waals surface area contributed by atoms with Crippen molar-refractivity contribution in [2.24, 2.45) is 5.73 Å². The molecule has 2 N–H and O–H groups in total. The van der Waals surface area contributed by atoms with E-state index in [4.69, 9.17) is 5.73 Å². The number of benzene rings is 1.